The first kappa shape index (κ1) is 35.4. The molecule has 4 amide bonds. The van der Waals surface area contributed by atoms with E-state index in [9.17, 15) is 19.5 Å². The Bertz CT molecular complexity index is 2230. The maximum Gasteiger partial charge on any atom is 0.260 e. The lowest BCUT2D eigenvalue weighted by Gasteiger charge is -2.50. The van der Waals surface area contributed by atoms with E-state index in [1.165, 1.54) is 30.2 Å². The van der Waals surface area contributed by atoms with Gasteiger partial charge in [0.1, 0.15) is 17.2 Å². The van der Waals surface area contributed by atoms with Crippen molar-refractivity contribution in [2.75, 3.05) is 24.5 Å². The number of fused-ring (bicyclic) bond motifs is 4. The van der Waals surface area contributed by atoms with Crippen LogP contribution in [0.1, 0.15) is 29.9 Å². The molecule has 270 valence electrons. The van der Waals surface area contributed by atoms with Gasteiger partial charge in [-0.2, -0.15) is 5.01 Å². The quantitative estimate of drug-likeness (QED) is 0.111. The molecule has 0 spiro atoms. The fraction of sp³-hybridized carbons (Fsp3) is 0.250. The SMILES string of the molecule is COc1ccc([C@@]23C(=O)N(Nc4ccc(Cl)cc4Cl)C(=O)[C@@H]2C[C@@H]2C(=CC[C@@H]4C(=O)N(c5ccc(I)cc5)C(=O)[C@@H]42)[C@@H]3c2ccc(O)cc2OC)cc1. The summed E-state index contributed by atoms with van der Waals surface area (Å²) in [6, 6.07) is 23.6. The Morgan fingerprint density at radius 1 is 0.849 bits per heavy atom. The van der Waals surface area contributed by atoms with Gasteiger partial charge < -0.3 is 14.6 Å². The van der Waals surface area contributed by atoms with Crippen LogP contribution in [0.5, 0.6) is 17.2 Å². The second-order valence-electron chi connectivity index (χ2n) is 13.6. The van der Waals surface area contributed by atoms with E-state index in [1.54, 1.807) is 61.7 Å². The molecule has 4 aliphatic rings. The zero-order valence-corrected chi connectivity index (χ0v) is 32.1. The maximum absolute atomic E-state index is 15.4. The smallest absolute Gasteiger partial charge is 0.260 e. The molecule has 4 aromatic rings. The second-order valence-corrected chi connectivity index (χ2v) is 15.7. The number of phenolic OH excluding ortho intramolecular Hbond substituents is 1. The molecule has 2 aliphatic heterocycles. The Labute approximate surface area is 328 Å². The van der Waals surface area contributed by atoms with E-state index in [0.717, 1.165) is 14.2 Å². The van der Waals surface area contributed by atoms with Crippen molar-refractivity contribution in [3.8, 4) is 17.2 Å². The number of halogens is 3. The van der Waals surface area contributed by atoms with Crippen LogP contribution in [0.25, 0.3) is 0 Å². The van der Waals surface area contributed by atoms with Crippen molar-refractivity contribution in [1.82, 2.24) is 5.01 Å². The summed E-state index contributed by atoms with van der Waals surface area (Å²) in [5.41, 5.74) is 4.04. The monoisotopic (exact) mass is 863 g/mol. The molecular weight excluding hydrogens is 832 g/mol. The van der Waals surface area contributed by atoms with Gasteiger partial charge >= 0.3 is 0 Å². The third-order valence-corrected chi connectivity index (χ3v) is 12.5. The van der Waals surface area contributed by atoms with Gasteiger partial charge in [-0.15, -0.1) is 0 Å². The summed E-state index contributed by atoms with van der Waals surface area (Å²) in [6.45, 7) is 0. The molecule has 3 fully saturated rings. The number of methoxy groups -OCH3 is 2. The van der Waals surface area contributed by atoms with Crippen molar-refractivity contribution < 1.29 is 33.8 Å². The normalized spacial score (nSPS) is 26.2. The molecule has 0 aromatic heterocycles. The molecule has 53 heavy (non-hydrogen) atoms. The predicted octanol–water partition coefficient (Wildman–Crippen LogP) is 7.51. The summed E-state index contributed by atoms with van der Waals surface area (Å²) in [5.74, 6) is -4.80. The van der Waals surface area contributed by atoms with Gasteiger partial charge in [0.25, 0.3) is 11.8 Å². The molecule has 2 aliphatic carbocycles. The van der Waals surface area contributed by atoms with Gasteiger partial charge in [0.15, 0.2) is 0 Å². The third-order valence-electron chi connectivity index (χ3n) is 11.2. The van der Waals surface area contributed by atoms with Gasteiger partial charge in [0, 0.05) is 26.1 Å². The largest absolute Gasteiger partial charge is 0.508 e. The topological polar surface area (TPSA) is 125 Å². The molecule has 0 bridgehead atoms. The number of allylic oxidation sites excluding steroid dienone is 2. The average Bonchev–Trinajstić information content (AvgIpc) is 3.53. The van der Waals surface area contributed by atoms with E-state index in [-0.39, 0.29) is 35.4 Å². The fourth-order valence-corrected chi connectivity index (χ4v) is 9.78. The molecule has 6 atom stereocenters. The summed E-state index contributed by atoms with van der Waals surface area (Å²) in [6.07, 6.45) is 2.33. The Balaban J connectivity index is 1.35. The number of ether oxygens (including phenoxy) is 2. The van der Waals surface area contributed by atoms with Crippen LogP contribution in [0.3, 0.4) is 0 Å². The van der Waals surface area contributed by atoms with Crippen LogP contribution in [0.15, 0.2) is 96.6 Å². The van der Waals surface area contributed by atoms with Crippen LogP contribution in [0.4, 0.5) is 11.4 Å². The summed E-state index contributed by atoms with van der Waals surface area (Å²) < 4.78 is 12.3. The van der Waals surface area contributed by atoms with E-state index in [0.29, 0.717) is 39.0 Å². The minimum absolute atomic E-state index is 0.0510. The van der Waals surface area contributed by atoms with Gasteiger partial charge in [-0.1, -0.05) is 53.1 Å². The maximum atomic E-state index is 15.4. The third kappa shape index (κ3) is 5.41. The zero-order chi connectivity index (χ0) is 37.3. The minimum Gasteiger partial charge on any atom is -0.508 e. The molecular formula is C40H32Cl2IN3O7. The molecule has 2 N–H and O–H groups in total. The lowest BCUT2D eigenvalue weighted by molar-refractivity contribution is -0.138. The Kier molecular flexibility index (Phi) is 8.94. The Morgan fingerprint density at radius 3 is 2.26 bits per heavy atom. The fourth-order valence-electron chi connectivity index (χ4n) is 8.97. The van der Waals surface area contributed by atoms with E-state index in [1.807, 2.05) is 18.2 Å². The minimum atomic E-state index is -1.57. The lowest BCUT2D eigenvalue weighted by atomic mass is 9.49. The standard InChI is InChI=1S/C40H32Cl2IN3O7/c1-52-25-11-3-20(4-12-25)40-30(37(49)46(39(40)51)44-32-16-5-21(41)17-31(32)42)19-29-26(35(40)27-13-10-24(47)18-33(27)53-2)14-15-28-34(29)38(50)45(36(28)48)23-8-6-22(43)7-9-23/h3-14,16-18,28-30,34-35,44,47H,15,19H2,1-2H3/t28-,29+,30-,34-,35+,40+/m0/s1. The highest BCUT2D eigenvalue weighted by Gasteiger charge is 2.70. The number of carbonyl (C=O) groups is 4. The molecule has 0 radical (unpaired) electrons. The highest BCUT2D eigenvalue weighted by atomic mass is 127. The van der Waals surface area contributed by atoms with Crippen LogP contribution in [-0.4, -0.2) is 48.0 Å². The van der Waals surface area contributed by atoms with Gasteiger partial charge in [-0.25, -0.2) is 0 Å². The number of benzene rings is 4. The molecule has 2 heterocycles. The van der Waals surface area contributed by atoms with Crippen molar-refractivity contribution in [1.29, 1.82) is 0 Å². The number of phenols is 1. The predicted molar refractivity (Wildman–Crippen MR) is 207 cm³/mol. The van der Waals surface area contributed by atoms with Gasteiger partial charge in [-0.3, -0.25) is 29.5 Å². The molecule has 1 saturated carbocycles. The van der Waals surface area contributed by atoms with Crippen molar-refractivity contribution in [2.24, 2.45) is 23.7 Å². The molecule has 13 heteroatoms. The number of anilines is 2. The summed E-state index contributed by atoms with van der Waals surface area (Å²) in [7, 11) is 3.01. The highest BCUT2D eigenvalue weighted by molar-refractivity contribution is 14.1. The van der Waals surface area contributed by atoms with Gasteiger partial charge in [0.2, 0.25) is 11.8 Å². The van der Waals surface area contributed by atoms with Crippen molar-refractivity contribution in [2.45, 2.75) is 24.2 Å². The highest BCUT2D eigenvalue weighted by Crippen LogP contribution is 2.65. The molecule has 8 rings (SSSR count). The van der Waals surface area contributed by atoms with Crippen LogP contribution in [-0.2, 0) is 24.6 Å². The number of nitrogens with zero attached hydrogens (tertiary/aromatic N) is 2. The van der Waals surface area contributed by atoms with E-state index >= 15 is 4.79 Å². The lowest BCUT2D eigenvalue weighted by Crippen LogP contribution is -2.53. The number of hydrogen-bond acceptors (Lipinski definition) is 8. The number of amides is 4. The first-order valence-electron chi connectivity index (χ1n) is 16.9. The Morgan fingerprint density at radius 2 is 1.58 bits per heavy atom. The molecule has 4 aromatic carbocycles. The summed E-state index contributed by atoms with van der Waals surface area (Å²) in [5, 5.41) is 12.1. The van der Waals surface area contributed by atoms with Crippen LogP contribution in [0.2, 0.25) is 10.0 Å². The molecule has 2 saturated heterocycles. The van der Waals surface area contributed by atoms with Gasteiger partial charge in [-0.05, 0) is 108 Å². The Hall–Kier alpha value is -4.59. The van der Waals surface area contributed by atoms with Crippen LogP contribution >= 0.6 is 45.8 Å². The van der Waals surface area contributed by atoms with Crippen LogP contribution in [0, 0.1) is 27.2 Å². The van der Waals surface area contributed by atoms with E-state index in [2.05, 4.69) is 28.0 Å². The van der Waals surface area contributed by atoms with Crippen LogP contribution < -0.4 is 19.8 Å². The number of nitrogens with one attached hydrogen (secondary N) is 1. The summed E-state index contributed by atoms with van der Waals surface area (Å²) in [4.78, 5) is 60.2. The first-order valence-corrected chi connectivity index (χ1v) is 18.8. The van der Waals surface area contributed by atoms with Crippen molar-refractivity contribution in [3.05, 3.63) is 121 Å². The second kappa shape index (κ2) is 13.4. The number of aromatic hydroxyl groups is 1. The van der Waals surface area contributed by atoms with E-state index < -0.39 is 46.8 Å². The van der Waals surface area contributed by atoms with E-state index in [4.69, 9.17) is 32.7 Å². The summed E-state index contributed by atoms with van der Waals surface area (Å²) >= 11 is 14.9. The number of imide groups is 2. The number of hydrogen-bond donors (Lipinski definition) is 2. The number of rotatable bonds is 7. The number of hydrazine groups is 1. The van der Waals surface area contributed by atoms with Crippen molar-refractivity contribution in [3.63, 3.8) is 0 Å². The molecule has 10 nitrogen and oxygen atoms in total. The zero-order valence-electron chi connectivity index (χ0n) is 28.4. The van der Waals surface area contributed by atoms with Crippen molar-refractivity contribution >= 4 is 80.8 Å². The molecule has 0 unspecified atom stereocenters. The number of carbonyl (C=O) groups excluding carboxylic acids is 4. The average molecular weight is 865 g/mol. The first-order chi connectivity index (χ1) is 25.5. The van der Waals surface area contributed by atoms with Gasteiger partial charge in [0.05, 0.1) is 53.8 Å².